The van der Waals surface area contributed by atoms with E-state index in [2.05, 4.69) is 20.4 Å². The summed E-state index contributed by atoms with van der Waals surface area (Å²) in [6.45, 7) is 8.32. The summed E-state index contributed by atoms with van der Waals surface area (Å²) in [6, 6.07) is 0. The van der Waals surface area contributed by atoms with Crippen molar-refractivity contribution in [2.45, 2.75) is 31.7 Å². The molecule has 1 rings (SSSR count). The Kier molecular flexibility index (Phi) is 3.30. The normalized spacial score (nSPS) is 36.8. The lowest BCUT2D eigenvalue weighted by atomic mass is 10.9. The van der Waals surface area contributed by atoms with Crippen molar-refractivity contribution in [1.29, 1.82) is 0 Å². The van der Waals surface area contributed by atoms with Crippen molar-refractivity contribution in [3.05, 3.63) is 0 Å². The minimum Gasteiger partial charge on any atom is -0.421 e. The van der Waals surface area contributed by atoms with Crippen LogP contribution in [0.3, 0.4) is 0 Å². The first-order chi connectivity index (χ1) is 5.20. The van der Waals surface area contributed by atoms with Crippen LogP contribution >= 0.6 is 0 Å². The zero-order chi connectivity index (χ0) is 8.32. The van der Waals surface area contributed by atoms with Gasteiger partial charge in [0.25, 0.3) is 0 Å². The lowest BCUT2D eigenvalue weighted by Gasteiger charge is -2.40. The van der Waals surface area contributed by atoms with Crippen LogP contribution in [0.15, 0.2) is 0 Å². The molecule has 66 valence electrons. The molecule has 0 aliphatic carbocycles. The molecule has 0 bridgehead atoms. The minimum atomic E-state index is -1.16. The van der Waals surface area contributed by atoms with E-state index >= 15 is 0 Å². The second-order valence-electron chi connectivity index (χ2n) is 3.37. The van der Waals surface area contributed by atoms with Crippen molar-refractivity contribution >= 4 is 17.4 Å². The molecule has 2 nitrogen and oxygen atoms in total. The fourth-order valence-electron chi connectivity index (χ4n) is 1.72. The standard InChI is InChI=1S/C7H18O2Si2/c1-4-8-10-6-11(3,7-10)9-5-2/h10H,4-7H2,1-3H3. The average Bonchev–Trinajstić information content (AvgIpc) is 1.85. The lowest BCUT2D eigenvalue weighted by Crippen LogP contribution is -2.54. The van der Waals surface area contributed by atoms with Crippen molar-refractivity contribution < 1.29 is 8.85 Å². The van der Waals surface area contributed by atoms with E-state index in [1.54, 1.807) is 0 Å². The Morgan fingerprint density at radius 3 is 2.36 bits per heavy atom. The van der Waals surface area contributed by atoms with Crippen LogP contribution in [0.2, 0.25) is 17.9 Å². The average molecular weight is 190 g/mol. The Morgan fingerprint density at radius 1 is 1.27 bits per heavy atom. The fraction of sp³-hybridized carbons (Fsp3) is 1.00. The Bertz CT molecular complexity index is 124. The van der Waals surface area contributed by atoms with E-state index < -0.39 is 17.4 Å². The van der Waals surface area contributed by atoms with Crippen molar-refractivity contribution in [3.63, 3.8) is 0 Å². The SMILES string of the molecule is CCO[SiH]1C[Si](C)(OCC)C1. The molecule has 4 heteroatoms. The molecule has 0 atom stereocenters. The Hall–Kier alpha value is 0.354. The summed E-state index contributed by atoms with van der Waals surface area (Å²) in [4.78, 5) is 0. The zero-order valence-electron chi connectivity index (χ0n) is 7.72. The summed E-state index contributed by atoms with van der Waals surface area (Å²) < 4.78 is 11.3. The summed E-state index contributed by atoms with van der Waals surface area (Å²) in [5.41, 5.74) is 2.68. The molecule has 1 heterocycles. The number of hydrogen-bond acceptors (Lipinski definition) is 2. The van der Waals surface area contributed by atoms with E-state index in [1.165, 1.54) is 11.3 Å². The maximum absolute atomic E-state index is 5.74. The summed E-state index contributed by atoms with van der Waals surface area (Å²) in [5.74, 6) is 0. The molecule has 0 radical (unpaired) electrons. The van der Waals surface area contributed by atoms with Crippen molar-refractivity contribution in [2.24, 2.45) is 0 Å². The molecule has 11 heavy (non-hydrogen) atoms. The van der Waals surface area contributed by atoms with Crippen LogP contribution in [0.4, 0.5) is 0 Å². The zero-order valence-corrected chi connectivity index (χ0v) is 9.88. The van der Waals surface area contributed by atoms with E-state index in [4.69, 9.17) is 8.85 Å². The third kappa shape index (κ3) is 2.40. The number of hydrogen-bond donors (Lipinski definition) is 0. The summed E-state index contributed by atoms with van der Waals surface area (Å²) in [6.07, 6.45) is 0. The summed E-state index contributed by atoms with van der Waals surface area (Å²) in [7, 11) is -1.88. The first-order valence-electron chi connectivity index (χ1n) is 4.45. The van der Waals surface area contributed by atoms with Crippen LogP contribution in [-0.4, -0.2) is 30.6 Å². The molecular weight excluding hydrogens is 172 g/mol. The third-order valence-corrected chi connectivity index (χ3v) is 14.6. The van der Waals surface area contributed by atoms with E-state index in [0.29, 0.717) is 0 Å². The van der Waals surface area contributed by atoms with Crippen molar-refractivity contribution in [1.82, 2.24) is 0 Å². The van der Waals surface area contributed by atoms with Crippen LogP contribution < -0.4 is 0 Å². The molecule has 0 unspecified atom stereocenters. The highest BCUT2D eigenvalue weighted by Gasteiger charge is 2.45. The molecule has 0 N–H and O–H groups in total. The first-order valence-corrected chi connectivity index (χ1v) is 9.38. The van der Waals surface area contributed by atoms with Gasteiger partial charge in [-0.1, -0.05) is 0 Å². The Morgan fingerprint density at radius 2 is 1.91 bits per heavy atom. The monoisotopic (exact) mass is 190 g/mol. The van der Waals surface area contributed by atoms with E-state index in [-0.39, 0.29) is 0 Å². The first kappa shape index (κ1) is 9.44. The van der Waals surface area contributed by atoms with Crippen molar-refractivity contribution in [2.75, 3.05) is 13.2 Å². The predicted molar refractivity (Wildman–Crippen MR) is 51.6 cm³/mol. The molecule has 1 aliphatic rings. The van der Waals surface area contributed by atoms with E-state index in [0.717, 1.165) is 13.2 Å². The van der Waals surface area contributed by atoms with Gasteiger partial charge in [-0.25, -0.2) is 0 Å². The molecule has 0 amide bonds. The van der Waals surface area contributed by atoms with Crippen LogP contribution in [0.1, 0.15) is 13.8 Å². The molecule has 1 saturated heterocycles. The van der Waals surface area contributed by atoms with Crippen LogP contribution in [0.25, 0.3) is 0 Å². The molecule has 0 aromatic heterocycles. The third-order valence-electron chi connectivity index (χ3n) is 2.21. The minimum absolute atomic E-state index is 0.721. The Balaban J connectivity index is 2.15. The van der Waals surface area contributed by atoms with Gasteiger partial charge in [0.2, 0.25) is 0 Å². The highest BCUT2D eigenvalue weighted by Crippen LogP contribution is 2.32. The fourth-order valence-corrected chi connectivity index (χ4v) is 12.0. The van der Waals surface area contributed by atoms with Crippen LogP contribution in [0.5, 0.6) is 0 Å². The van der Waals surface area contributed by atoms with E-state index in [1.807, 2.05) is 0 Å². The smallest absolute Gasteiger partial charge is 0.188 e. The predicted octanol–water partition coefficient (Wildman–Crippen LogP) is 1.45. The summed E-state index contributed by atoms with van der Waals surface area (Å²) in [5, 5.41) is 0. The molecule has 0 saturated carbocycles. The van der Waals surface area contributed by atoms with Crippen LogP contribution in [-0.2, 0) is 8.85 Å². The van der Waals surface area contributed by atoms with Gasteiger partial charge in [0.05, 0.1) is 0 Å². The van der Waals surface area contributed by atoms with Gasteiger partial charge in [0, 0.05) is 13.2 Å². The van der Waals surface area contributed by atoms with Gasteiger partial charge in [0.15, 0.2) is 17.4 Å². The quantitative estimate of drug-likeness (QED) is 0.625. The molecular formula is C7H18O2Si2. The van der Waals surface area contributed by atoms with Crippen LogP contribution in [0, 0.1) is 0 Å². The number of rotatable bonds is 4. The van der Waals surface area contributed by atoms with Gasteiger partial charge in [0.1, 0.15) is 0 Å². The maximum Gasteiger partial charge on any atom is 0.188 e. The van der Waals surface area contributed by atoms with E-state index in [9.17, 15) is 0 Å². The summed E-state index contributed by atoms with van der Waals surface area (Å²) >= 11 is 0. The topological polar surface area (TPSA) is 18.5 Å². The lowest BCUT2D eigenvalue weighted by molar-refractivity contribution is 0.303. The second-order valence-corrected chi connectivity index (χ2v) is 11.4. The molecule has 1 aliphatic heterocycles. The van der Waals surface area contributed by atoms with Gasteiger partial charge >= 0.3 is 0 Å². The molecule has 0 aromatic rings. The molecule has 1 fully saturated rings. The van der Waals surface area contributed by atoms with Gasteiger partial charge in [-0.15, -0.1) is 0 Å². The van der Waals surface area contributed by atoms with Gasteiger partial charge in [-0.05, 0) is 31.7 Å². The largest absolute Gasteiger partial charge is 0.421 e. The Labute approximate surface area is 71.8 Å². The van der Waals surface area contributed by atoms with Crippen molar-refractivity contribution in [3.8, 4) is 0 Å². The van der Waals surface area contributed by atoms with Gasteiger partial charge in [-0.3, -0.25) is 0 Å². The van der Waals surface area contributed by atoms with Gasteiger partial charge in [-0.2, -0.15) is 0 Å². The highest BCUT2D eigenvalue weighted by molar-refractivity contribution is 6.99. The second kappa shape index (κ2) is 3.84. The highest BCUT2D eigenvalue weighted by atomic mass is 28.4. The maximum atomic E-state index is 5.74. The molecule has 0 aromatic carbocycles. The van der Waals surface area contributed by atoms with Gasteiger partial charge < -0.3 is 8.85 Å². The molecule has 0 spiro atoms.